The first-order chi connectivity index (χ1) is 9.15. The van der Waals surface area contributed by atoms with Crippen molar-refractivity contribution in [3.63, 3.8) is 0 Å². The Balaban J connectivity index is 1.78. The lowest BCUT2D eigenvalue weighted by atomic mass is 9.94. The Labute approximate surface area is 114 Å². The Morgan fingerprint density at radius 3 is 2.58 bits per heavy atom. The summed E-state index contributed by atoms with van der Waals surface area (Å²) in [6, 6.07) is 7.85. The maximum absolute atomic E-state index is 12.8. The average molecular weight is 258 g/mol. The molecule has 1 aromatic rings. The highest BCUT2D eigenvalue weighted by molar-refractivity contribution is 5.91. The number of carbonyl (C=O) groups is 1. The van der Waals surface area contributed by atoms with E-state index >= 15 is 0 Å². The fourth-order valence-electron chi connectivity index (χ4n) is 3.21. The number of nitrogens with two attached hydrogens (primary N) is 1. The van der Waals surface area contributed by atoms with Gasteiger partial charge in [0.2, 0.25) is 5.91 Å². The zero-order valence-corrected chi connectivity index (χ0v) is 11.6. The summed E-state index contributed by atoms with van der Waals surface area (Å²) in [5.74, 6) is 1.04. The molecule has 1 aliphatic carbocycles. The van der Waals surface area contributed by atoms with Crippen molar-refractivity contribution >= 4 is 11.6 Å². The van der Waals surface area contributed by atoms with Crippen LogP contribution in [0.1, 0.15) is 38.2 Å². The van der Waals surface area contributed by atoms with Crippen LogP contribution < -0.4 is 5.73 Å². The number of likely N-dealkylation sites (tertiary alicyclic amines) is 1. The third-order valence-corrected chi connectivity index (χ3v) is 4.77. The van der Waals surface area contributed by atoms with Gasteiger partial charge in [-0.25, -0.2) is 0 Å². The lowest BCUT2D eigenvalue weighted by Gasteiger charge is -2.23. The standard InChI is InChI=1S/C16H22N2O/c1-2-12-7-10-18(11-12)15(19)16(8-9-16)13-3-5-14(17)6-4-13/h3-6,12H,2,7-11,17H2,1H3. The van der Waals surface area contributed by atoms with Gasteiger partial charge in [0.05, 0.1) is 5.41 Å². The quantitative estimate of drug-likeness (QED) is 0.847. The number of amides is 1. The third-order valence-electron chi connectivity index (χ3n) is 4.77. The van der Waals surface area contributed by atoms with Crippen molar-refractivity contribution in [1.29, 1.82) is 0 Å². The monoisotopic (exact) mass is 258 g/mol. The summed E-state index contributed by atoms with van der Waals surface area (Å²) in [4.78, 5) is 14.9. The van der Waals surface area contributed by atoms with Crippen molar-refractivity contribution in [2.75, 3.05) is 18.8 Å². The van der Waals surface area contributed by atoms with E-state index in [1.807, 2.05) is 24.3 Å². The van der Waals surface area contributed by atoms with Crippen LogP contribution in [0.15, 0.2) is 24.3 Å². The van der Waals surface area contributed by atoms with Gasteiger partial charge in [-0.1, -0.05) is 25.5 Å². The van der Waals surface area contributed by atoms with Crippen molar-refractivity contribution in [2.24, 2.45) is 5.92 Å². The first-order valence-corrected chi connectivity index (χ1v) is 7.31. The number of rotatable bonds is 3. The van der Waals surface area contributed by atoms with Crippen LogP contribution in [0.4, 0.5) is 5.69 Å². The lowest BCUT2D eigenvalue weighted by Crippen LogP contribution is -2.37. The molecule has 0 spiro atoms. The minimum absolute atomic E-state index is 0.226. The normalized spacial score (nSPS) is 24.5. The Morgan fingerprint density at radius 2 is 2.05 bits per heavy atom. The summed E-state index contributed by atoms with van der Waals surface area (Å²) in [5, 5.41) is 0. The zero-order valence-electron chi connectivity index (χ0n) is 11.6. The summed E-state index contributed by atoms with van der Waals surface area (Å²) in [7, 11) is 0. The molecule has 1 saturated carbocycles. The minimum Gasteiger partial charge on any atom is -0.399 e. The molecule has 1 aliphatic heterocycles. The van der Waals surface area contributed by atoms with Gasteiger partial charge >= 0.3 is 0 Å². The molecule has 1 amide bonds. The van der Waals surface area contributed by atoms with E-state index in [0.29, 0.717) is 11.8 Å². The number of hydrogen-bond donors (Lipinski definition) is 1. The van der Waals surface area contributed by atoms with Crippen LogP contribution in [0.5, 0.6) is 0 Å². The smallest absolute Gasteiger partial charge is 0.233 e. The summed E-state index contributed by atoms with van der Waals surface area (Å²) in [6.45, 7) is 4.10. The van der Waals surface area contributed by atoms with E-state index in [4.69, 9.17) is 5.73 Å². The second-order valence-electron chi connectivity index (χ2n) is 6.02. The van der Waals surface area contributed by atoms with Crippen LogP contribution in [-0.2, 0) is 10.2 Å². The average Bonchev–Trinajstić information content (AvgIpc) is 3.09. The molecule has 0 radical (unpaired) electrons. The van der Waals surface area contributed by atoms with Gasteiger partial charge < -0.3 is 10.6 Å². The number of nitrogens with zero attached hydrogens (tertiary/aromatic N) is 1. The van der Waals surface area contributed by atoms with Gasteiger partial charge in [-0.2, -0.15) is 0 Å². The largest absolute Gasteiger partial charge is 0.399 e. The fraction of sp³-hybridized carbons (Fsp3) is 0.562. The molecule has 2 fully saturated rings. The van der Waals surface area contributed by atoms with Gasteiger partial charge in [-0.05, 0) is 42.9 Å². The van der Waals surface area contributed by atoms with Gasteiger partial charge in [0.1, 0.15) is 0 Å². The summed E-state index contributed by atoms with van der Waals surface area (Å²) in [5.41, 5.74) is 7.41. The summed E-state index contributed by atoms with van der Waals surface area (Å²) >= 11 is 0. The Morgan fingerprint density at radius 1 is 1.37 bits per heavy atom. The second-order valence-corrected chi connectivity index (χ2v) is 6.02. The number of benzene rings is 1. The predicted octanol–water partition coefficient (Wildman–Crippen LogP) is 2.56. The topological polar surface area (TPSA) is 46.3 Å². The lowest BCUT2D eigenvalue weighted by molar-refractivity contribution is -0.133. The Bertz CT molecular complexity index is 476. The number of anilines is 1. The molecule has 0 bridgehead atoms. The van der Waals surface area contributed by atoms with E-state index in [9.17, 15) is 4.79 Å². The maximum atomic E-state index is 12.8. The molecule has 1 heterocycles. The van der Waals surface area contributed by atoms with Gasteiger partial charge in [-0.3, -0.25) is 4.79 Å². The highest BCUT2D eigenvalue weighted by Gasteiger charge is 2.53. The molecule has 1 aromatic carbocycles. The van der Waals surface area contributed by atoms with E-state index < -0.39 is 0 Å². The van der Waals surface area contributed by atoms with Crippen LogP contribution in [0.3, 0.4) is 0 Å². The summed E-state index contributed by atoms with van der Waals surface area (Å²) < 4.78 is 0. The van der Waals surface area contributed by atoms with Crippen molar-refractivity contribution in [2.45, 2.75) is 38.0 Å². The SMILES string of the molecule is CCC1CCN(C(=O)C2(c3ccc(N)cc3)CC2)C1. The second kappa shape index (κ2) is 4.55. The van der Waals surface area contributed by atoms with Crippen molar-refractivity contribution in [3.8, 4) is 0 Å². The van der Waals surface area contributed by atoms with Gasteiger partial charge in [0.25, 0.3) is 0 Å². The van der Waals surface area contributed by atoms with Gasteiger partial charge in [0, 0.05) is 18.8 Å². The van der Waals surface area contributed by atoms with Crippen LogP contribution in [0, 0.1) is 5.92 Å². The molecule has 0 aromatic heterocycles. The summed E-state index contributed by atoms with van der Waals surface area (Å²) in [6.07, 6.45) is 4.32. The molecule has 102 valence electrons. The molecule has 3 heteroatoms. The molecule has 19 heavy (non-hydrogen) atoms. The van der Waals surface area contributed by atoms with E-state index in [1.165, 1.54) is 12.8 Å². The van der Waals surface area contributed by atoms with E-state index in [2.05, 4.69) is 11.8 Å². The van der Waals surface area contributed by atoms with Gasteiger partial charge in [0.15, 0.2) is 0 Å². The van der Waals surface area contributed by atoms with E-state index in [-0.39, 0.29) is 5.41 Å². The Hall–Kier alpha value is -1.51. The maximum Gasteiger partial charge on any atom is 0.233 e. The van der Waals surface area contributed by atoms with E-state index in [0.717, 1.165) is 37.2 Å². The number of carbonyl (C=O) groups excluding carboxylic acids is 1. The van der Waals surface area contributed by atoms with E-state index in [1.54, 1.807) is 0 Å². The predicted molar refractivity (Wildman–Crippen MR) is 76.7 cm³/mol. The van der Waals surface area contributed by atoms with Crippen LogP contribution >= 0.6 is 0 Å². The van der Waals surface area contributed by atoms with Gasteiger partial charge in [-0.15, -0.1) is 0 Å². The molecular formula is C16H22N2O. The highest BCUT2D eigenvalue weighted by atomic mass is 16.2. The van der Waals surface area contributed by atoms with Crippen LogP contribution in [-0.4, -0.2) is 23.9 Å². The molecule has 1 saturated heterocycles. The third kappa shape index (κ3) is 2.11. The van der Waals surface area contributed by atoms with Crippen molar-refractivity contribution in [1.82, 2.24) is 4.90 Å². The zero-order chi connectivity index (χ0) is 13.5. The molecule has 3 rings (SSSR count). The number of nitrogen functional groups attached to an aromatic ring is 1. The highest BCUT2D eigenvalue weighted by Crippen LogP contribution is 2.50. The molecule has 1 atom stereocenters. The van der Waals surface area contributed by atoms with Crippen LogP contribution in [0.25, 0.3) is 0 Å². The molecule has 1 unspecified atom stereocenters. The Kier molecular flexibility index (Phi) is 3.00. The molecule has 3 nitrogen and oxygen atoms in total. The fourth-order valence-corrected chi connectivity index (χ4v) is 3.21. The first kappa shape index (κ1) is 12.5. The van der Waals surface area contributed by atoms with Crippen molar-refractivity contribution in [3.05, 3.63) is 29.8 Å². The minimum atomic E-state index is -0.226. The van der Waals surface area contributed by atoms with Crippen LogP contribution in [0.2, 0.25) is 0 Å². The molecule has 2 aliphatic rings. The molecule has 2 N–H and O–H groups in total. The van der Waals surface area contributed by atoms with Crippen molar-refractivity contribution < 1.29 is 4.79 Å². The molecular weight excluding hydrogens is 236 g/mol. The number of hydrogen-bond acceptors (Lipinski definition) is 2. The first-order valence-electron chi connectivity index (χ1n) is 7.31.